The molecule has 1 unspecified atom stereocenters. The molecule has 2 aromatic rings. The Morgan fingerprint density at radius 3 is 2.63 bits per heavy atom. The monoisotopic (exact) mass is 299 g/mol. The second-order valence-electron chi connectivity index (χ2n) is 3.90. The van der Waals surface area contributed by atoms with Crippen LogP contribution < -0.4 is 10.5 Å². The van der Waals surface area contributed by atoms with Crippen LogP contribution in [0.25, 0.3) is 0 Å². The maximum atomic E-state index is 12.0. The summed E-state index contributed by atoms with van der Waals surface area (Å²) in [5.74, 6) is 0.0413. The average molecular weight is 299 g/mol. The smallest absolute Gasteiger partial charge is 0.243 e. The number of hydrogen-bond donors (Lipinski definition) is 2. The first kappa shape index (κ1) is 13.8. The summed E-state index contributed by atoms with van der Waals surface area (Å²) < 4.78 is 26.4. The van der Waals surface area contributed by atoms with E-state index in [2.05, 4.69) is 19.7 Å². The molecule has 0 aliphatic rings. The minimum Gasteiger partial charge on any atom is -0.368 e. The molecule has 0 saturated carbocycles. The molecule has 19 heavy (non-hydrogen) atoms. The van der Waals surface area contributed by atoms with Crippen LogP contribution in [-0.4, -0.2) is 29.9 Å². The van der Waals surface area contributed by atoms with Gasteiger partial charge in [-0.1, -0.05) is 6.92 Å². The number of aromatic nitrogens is 3. The van der Waals surface area contributed by atoms with Gasteiger partial charge in [-0.25, -0.2) is 28.1 Å². The van der Waals surface area contributed by atoms with Gasteiger partial charge >= 0.3 is 0 Å². The molecule has 7 nitrogen and oxygen atoms in total. The summed E-state index contributed by atoms with van der Waals surface area (Å²) in [6.45, 7) is 2.17. The van der Waals surface area contributed by atoms with Crippen molar-refractivity contribution in [3.05, 3.63) is 29.0 Å². The van der Waals surface area contributed by atoms with Gasteiger partial charge in [0.15, 0.2) is 0 Å². The van der Waals surface area contributed by atoms with E-state index in [0.717, 1.165) is 5.01 Å². The number of anilines is 1. The number of nitrogens with two attached hydrogens (primary N) is 1. The lowest BCUT2D eigenvalue weighted by Crippen LogP contribution is -2.28. The number of hydrogen-bond acceptors (Lipinski definition) is 7. The van der Waals surface area contributed by atoms with Gasteiger partial charge in [0.05, 0.1) is 17.4 Å². The van der Waals surface area contributed by atoms with Crippen molar-refractivity contribution in [1.82, 2.24) is 19.7 Å². The highest BCUT2D eigenvalue weighted by atomic mass is 32.2. The van der Waals surface area contributed by atoms with Crippen LogP contribution in [0.4, 0.5) is 5.95 Å². The van der Waals surface area contributed by atoms with Crippen molar-refractivity contribution in [2.75, 3.05) is 12.3 Å². The number of nitrogens with zero attached hydrogens (tertiary/aromatic N) is 3. The van der Waals surface area contributed by atoms with E-state index in [1.165, 1.54) is 23.7 Å². The minimum absolute atomic E-state index is 0.00414. The van der Waals surface area contributed by atoms with Crippen molar-refractivity contribution >= 4 is 27.3 Å². The molecule has 0 spiro atoms. The van der Waals surface area contributed by atoms with Gasteiger partial charge in [0, 0.05) is 24.0 Å². The molecule has 0 fully saturated rings. The number of thiazole rings is 1. The molecule has 0 aliphatic heterocycles. The molecule has 0 aromatic carbocycles. The van der Waals surface area contributed by atoms with Crippen LogP contribution in [0.5, 0.6) is 0 Å². The van der Waals surface area contributed by atoms with Gasteiger partial charge in [0.25, 0.3) is 0 Å². The number of nitrogen functional groups attached to an aromatic ring is 1. The molecule has 2 aromatic heterocycles. The van der Waals surface area contributed by atoms with Crippen LogP contribution >= 0.6 is 11.3 Å². The lowest BCUT2D eigenvalue weighted by atomic mass is 10.2. The van der Waals surface area contributed by atoms with Gasteiger partial charge in [0.1, 0.15) is 4.90 Å². The number of sulfonamides is 1. The van der Waals surface area contributed by atoms with Crippen molar-refractivity contribution in [3.8, 4) is 0 Å². The summed E-state index contributed by atoms with van der Waals surface area (Å²) in [7, 11) is -3.62. The van der Waals surface area contributed by atoms with Gasteiger partial charge < -0.3 is 5.73 Å². The molecule has 0 saturated heterocycles. The summed E-state index contributed by atoms with van der Waals surface area (Å²) in [6.07, 6.45) is 4.05. The molecule has 102 valence electrons. The van der Waals surface area contributed by atoms with E-state index in [1.54, 1.807) is 6.20 Å². The largest absolute Gasteiger partial charge is 0.368 e. The lowest BCUT2D eigenvalue weighted by molar-refractivity contribution is 0.574. The first-order chi connectivity index (χ1) is 8.99. The second-order valence-corrected chi connectivity index (χ2v) is 6.59. The third-order valence-corrected chi connectivity index (χ3v) is 4.80. The first-order valence-electron chi connectivity index (χ1n) is 5.45. The van der Waals surface area contributed by atoms with Gasteiger partial charge in [-0.05, 0) is 0 Å². The summed E-state index contributed by atoms with van der Waals surface area (Å²) in [6, 6.07) is 0. The first-order valence-corrected chi connectivity index (χ1v) is 7.82. The molecule has 1 atom stereocenters. The fraction of sp³-hybridized carbons (Fsp3) is 0.300. The van der Waals surface area contributed by atoms with Gasteiger partial charge in [-0.15, -0.1) is 11.3 Å². The third kappa shape index (κ3) is 3.46. The summed E-state index contributed by atoms with van der Waals surface area (Å²) in [4.78, 5) is 11.5. The van der Waals surface area contributed by atoms with Crippen molar-refractivity contribution in [2.45, 2.75) is 17.7 Å². The summed E-state index contributed by atoms with van der Waals surface area (Å²) in [5, 5.41) is 2.74. The normalized spacial score (nSPS) is 13.3. The van der Waals surface area contributed by atoms with Crippen LogP contribution in [0, 0.1) is 0 Å². The van der Waals surface area contributed by atoms with Crippen molar-refractivity contribution in [1.29, 1.82) is 0 Å². The van der Waals surface area contributed by atoms with Crippen LogP contribution in [0.3, 0.4) is 0 Å². The molecule has 2 rings (SSSR count). The number of nitrogens with one attached hydrogen (secondary N) is 1. The quantitative estimate of drug-likeness (QED) is 0.836. The van der Waals surface area contributed by atoms with E-state index in [1.807, 2.05) is 12.3 Å². The fourth-order valence-corrected chi connectivity index (χ4v) is 3.07. The number of rotatable bonds is 5. The molecule has 3 N–H and O–H groups in total. The van der Waals surface area contributed by atoms with Gasteiger partial charge in [0.2, 0.25) is 16.0 Å². The minimum atomic E-state index is -3.62. The third-order valence-electron chi connectivity index (χ3n) is 2.41. The highest BCUT2D eigenvalue weighted by molar-refractivity contribution is 7.89. The Morgan fingerprint density at radius 1 is 1.37 bits per heavy atom. The van der Waals surface area contributed by atoms with Crippen LogP contribution in [0.1, 0.15) is 17.8 Å². The highest BCUT2D eigenvalue weighted by Crippen LogP contribution is 2.17. The van der Waals surface area contributed by atoms with E-state index in [9.17, 15) is 8.42 Å². The predicted molar refractivity (Wildman–Crippen MR) is 72.2 cm³/mol. The van der Waals surface area contributed by atoms with Crippen molar-refractivity contribution in [2.24, 2.45) is 0 Å². The molecule has 0 bridgehead atoms. The van der Waals surface area contributed by atoms with Gasteiger partial charge in [-0.2, -0.15) is 0 Å². The predicted octanol–water partition coefficient (Wildman–Crippen LogP) is 0.597. The topological polar surface area (TPSA) is 111 Å². The van der Waals surface area contributed by atoms with E-state index in [-0.39, 0.29) is 23.3 Å². The summed E-state index contributed by atoms with van der Waals surface area (Å²) in [5.41, 5.74) is 5.31. The van der Waals surface area contributed by atoms with Crippen molar-refractivity contribution < 1.29 is 8.42 Å². The van der Waals surface area contributed by atoms with E-state index >= 15 is 0 Å². The Kier molecular flexibility index (Phi) is 4.08. The van der Waals surface area contributed by atoms with Gasteiger partial charge in [-0.3, -0.25) is 0 Å². The zero-order valence-electron chi connectivity index (χ0n) is 10.1. The second kappa shape index (κ2) is 5.59. The average Bonchev–Trinajstić information content (AvgIpc) is 2.90. The van der Waals surface area contributed by atoms with Crippen LogP contribution in [-0.2, 0) is 10.0 Å². The Hall–Kier alpha value is -1.58. The van der Waals surface area contributed by atoms with Crippen LogP contribution in [0.2, 0.25) is 0 Å². The Morgan fingerprint density at radius 2 is 2.05 bits per heavy atom. The lowest BCUT2D eigenvalue weighted by Gasteiger charge is -2.10. The van der Waals surface area contributed by atoms with Crippen LogP contribution in [0.15, 0.2) is 28.9 Å². The Balaban J connectivity index is 2.04. The SMILES string of the molecule is CC(CNS(=O)(=O)c1cnc(N)nc1)c1nccs1. The zero-order valence-corrected chi connectivity index (χ0v) is 11.8. The van der Waals surface area contributed by atoms with Crippen molar-refractivity contribution in [3.63, 3.8) is 0 Å². The molecular formula is C10H13N5O2S2. The zero-order chi connectivity index (χ0) is 13.9. The highest BCUT2D eigenvalue weighted by Gasteiger charge is 2.17. The molecule has 0 aliphatic carbocycles. The van der Waals surface area contributed by atoms with E-state index < -0.39 is 10.0 Å². The standard InChI is InChI=1S/C10H13N5O2S2/c1-7(9-12-2-3-18-9)4-15-19(16,17)8-5-13-10(11)14-6-8/h2-3,5-7,15H,4H2,1H3,(H2,11,13,14). The Labute approximate surface area is 115 Å². The summed E-state index contributed by atoms with van der Waals surface area (Å²) >= 11 is 1.49. The Bertz CT molecular complexity index is 624. The van der Waals surface area contributed by atoms with E-state index in [4.69, 9.17) is 5.73 Å². The molecule has 2 heterocycles. The molecule has 9 heteroatoms. The fourth-order valence-electron chi connectivity index (χ4n) is 1.35. The molecule has 0 amide bonds. The molecule has 0 radical (unpaired) electrons. The maximum absolute atomic E-state index is 12.0. The van der Waals surface area contributed by atoms with E-state index in [0.29, 0.717) is 0 Å². The maximum Gasteiger partial charge on any atom is 0.243 e. The molecular weight excluding hydrogens is 286 g/mol.